The van der Waals surface area contributed by atoms with E-state index in [0.717, 1.165) is 44.3 Å². The first-order valence-electron chi connectivity index (χ1n) is 12.6. The third-order valence-electron chi connectivity index (χ3n) is 5.38. The summed E-state index contributed by atoms with van der Waals surface area (Å²) in [5.74, 6) is 6.33. The molecular weight excluding hydrogens is 408 g/mol. The lowest BCUT2D eigenvalue weighted by Crippen LogP contribution is -2.02. The van der Waals surface area contributed by atoms with Crippen LogP contribution in [0, 0.1) is 11.8 Å². The molecule has 0 fully saturated rings. The van der Waals surface area contributed by atoms with Crippen molar-refractivity contribution in [3.05, 3.63) is 0 Å². The van der Waals surface area contributed by atoms with Crippen LogP contribution in [0.4, 0.5) is 0 Å². The quantitative estimate of drug-likeness (QED) is 0.129. The van der Waals surface area contributed by atoms with Crippen LogP contribution in [0.2, 0.25) is 0 Å². The van der Waals surface area contributed by atoms with Crippen LogP contribution in [0.25, 0.3) is 0 Å². The van der Waals surface area contributed by atoms with Crippen LogP contribution < -0.4 is 0 Å². The molecule has 0 bridgehead atoms. The average molecular weight is 455 g/mol. The molecule has 0 aliphatic rings. The van der Waals surface area contributed by atoms with Crippen molar-refractivity contribution < 1.29 is 19.8 Å². The molecule has 1 atom stereocenters. The molecule has 0 spiro atoms. The first-order chi connectivity index (χ1) is 15.1. The van der Waals surface area contributed by atoms with Crippen molar-refractivity contribution in [3.8, 4) is 11.8 Å². The smallest absolute Gasteiger partial charge is 0.303 e. The minimum atomic E-state index is -0.727. The molecule has 0 aromatic heterocycles. The van der Waals surface area contributed by atoms with Crippen LogP contribution >= 0.6 is 11.8 Å². The molecule has 0 aliphatic heterocycles. The van der Waals surface area contributed by atoms with Gasteiger partial charge in [0.1, 0.15) is 0 Å². The standard InChI is InChI=1S/C26H46O4S/c1-2-3-4-5-6-7-8-9-10-11-12-14-19-24(20-16-17-22-26(29)30)31-23-18-13-15-21-25(27)28/h24H,2-13,15-18,20-23H2,1H3,(H,27,28)(H,29,30). The van der Waals surface area contributed by atoms with E-state index in [1.165, 1.54) is 64.2 Å². The van der Waals surface area contributed by atoms with Crippen molar-refractivity contribution in [1.29, 1.82) is 0 Å². The highest BCUT2D eigenvalue weighted by Crippen LogP contribution is 2.20. The fraction of sp³-hybridized carbons (Fsp3) is 0.846. The monoisotopic (exact) mass is 454 g/mol. The lowest BCUT2D eigenvalue weighted by atomic mass is 10.1. The van der Waals surface area contributed by atoms with E-state index in [0.29, 0.717) is 6.42 Å². The van der Waals surface area contributed by atoms with Gasteiger partial charge >= 0.3 is 11.9 Å². The van der Waals surface area contributed by atoms with Crippen LogP contribution in [0.1, 0.15) is 129 Å². The topological polar surface area (TPSA) is 74.6 Å². The van der Waals surface area contributed by atoms with Crippen molar-refractivity contribution in [2.24, 2.45) is 0 Å². The zero-order chi connectivity index (χ0) is 23.0. The van der Waals surface area contributed by atoms with Crippen LogP contribution in [-0.4, -0.2) is 33.2 Å². The Kier molecular flexibility index (Phi) is 22.6. The minimum absolute atomic E-state index is 0.235. The SMILES string of the molecule is CCCCCCCCCCCCC#CC(CCCCC(=O)O)SCCCCCC(=O)O. The van der Waals surface area contributed by atoms with Gasteiger partial charge in [-0.3, -0.25) is 9.59 Å². The Hall–Kier alpha value is -1.15. The van der Waals surface area contributed by atoms with Gasteiger partial charge in [-0.1, -0.05) is 83.5 Å². The van der Waals surface area contributed by atoms with Gasteiger partial charge < -0.3 is 10.2 Å². The second-order valence-electron chi connectivity index (χ2n) is 8.46. The predicted octanol–water partition coefficient (Wildman–Crippen LogP) is 7.69. The fourth-order valence-electron chi connectivity index (χ4n) is 3.47. The molecule has 0 heterocycles. The summed E-state index contributed by atoms with van der Waals surface area (Å²) in [6.07, 6.45) is 20.0. The third-order valence-corrected chi connectivity index (χ3v) is 6.66. The number of carbonyl (C=O) groups is 2. The van der Waals surface area contributed by atoms with Crippen LogP contribution in [0.3, 0.4) is 0 Å². The summed E-state index contributed by atoms with van der Waals surface area (Å²) < 4.78 is 0. The lowest BCUT2D eigenvalue weighted by molar-refractivity contribution is -0.138. The van der Waals surface area contributed by atoms with Gasteiger partial charge in [0.15, 0.2) is 0 Å². The first-order valence-corrected chi connectivity index (χ1v) is 13.6. The molecule has 0 aromatic carbocycles. The molecule has 180 valence electrons. The Morgan fingerprint density at radius 1 is 0.710 bits per heavy atom. The van der Waals surface area contributed by atoms with E-state index in [1.54, 1.807) is 0 Å². The maximum Gasteiger partial charge on any atom is 0.303 e. The fourth-order valence-corrected chi connectivity index (χ4v) is 4.63. The van der Waals surface area contributed by atoms with E-state index in [-0.39, 0.29) is 18.1 Å². The number of carboxylic acids is 2. The van der Waals surface area contributed by atoms with E-state index in [9.17, 15) is 9.59 Å². The summed E-state index contributed by atoms with van der Waals surface area (Å²) in [7, 11) is 0. The average Bonchev–Trinajstić information content (AvgIpc) is 2.73. The molecule has 0 amide bonds. The first kappa shape index (κ1) is 29.9. The summed E-state index contributed by atoms with van der Waals surface area (Å²) in [4.78, 5) is 21.2. The summed E-state index contributed by atoms with van der Waals surface area (Å²) in [6.45, 7) is 2.26. The Morgan fingerprint density at radius 2 is 1.23 bits per heavy atom. The van der Waals surface area contributed by atoms with Gasteiger partial charge in [-0.05, 0) is 37.9 Å². The summed E-state index contributed by atoms with van der Waals surface area (Å²) in [5, 5.41) is 17.8. The molecule has 0 rings (SSSR count). The number of rotatable bonds is 22. The van der Waals surface area contributed by atoms with Crippen molar-refractivity contribution >= 4 is 23.7 Å². The van der Waals surface area contributed by atoms with E-state index in [4.69, 9.17) is 10.2 Å². The maximum atomic E-state index is 10.7. The molecular formula is C26H46O4S. The van der Waals surface area contributed by atoms with Crippen molar-refractivity contribution in [3.63, 3.8) is 0 Å². The Labute approximate surface area is 195 Å². The molecule has 5 heteroatoms. The number of unbranched alkanes of at least 4 members (excludes halogenated alkanes) is 13. The van der Waals surface area contributed by atoms with E-state index < -0.39 is 11.9 Å². The molecule has 4 nitrogen and oxygen atoms in total. The van der Waals surface area contributed by atoms with Gasteiger partial charge in [0.2, 0.25) is 0 Å². The predicted molar refractivity (Wildman–Crippen MR) is 133 cm³/mol. The highest BCUT2D eigenvalue weighted by Gasteiger charge is 2.07. The molecule has 31 heavy (non-hydrogen) atoms. The van der Waals surface area contributed by atoms with Gasteiger partial charge in [0, 0.05) is 19.3 Å². The molecule has 0 saturated heterocycles. The number of carboxylic acid groups (broad SMARTS) is 2. The zero-order valence-corrected chi connectivity index (χ0v) is 20.7. The minimum Gasteiger partial charge on any atom is -0.481 e. The summed E-state index contributed by atoms with van der Waals surface area (Å²) >= 11 is 1.85. The number of hydrogen-bond donors (Lipinski definition) is 2. The zero-order valence-electron chi connectivity index (χ0n) is 19.8. The number of aliphatic carboxylic acids is 2. The summed E-state index contributed by atoms with van der Waals surface area (Å²) in [6, 6.07) is 0. The molecule has 0 saturated carbocycles. The van der Waals surface area contributed by atoms with Crippen molar-refractivity contribution in [2.45, 2.75) is 134 Å². The lowest BCUT2D eigenvalue weighted by Gasteiger charge is -2.10. The molecule has 0 aromatic rings. The van der Waals surface area contributed by atoms with Crippen LogP contribution in [-0.2, 0) is 9.59 Å². The molecule has 2 N–H and O–H groups in total. The second-order valence-corrected chi connectivity index (χ2v) is 9.77. The highest BCUT2D eigenvalue weighted by atomic mass is 32.2. The molecule has 1 unspecified atom stereocenters. The number of thioether (sulfide) groups is 1. The highest BCUT2D eigenvalue weighted by molar-refractivity contribution is 8.00. The molecule has 0 radical (unpaired) electrons. The van der Waals surface area contributed by atoms with Gasteiger partial charge in [-0.2, -0.15) is 0 Å². The van der Waals surface area contributed by atoms with Crippen LogP contribution in [0.5, 0.6) is 0 Å². The van der Waals surface area contributed by atoms with Gasteiger partial charge in [0.25, 0.3) is 0 Å². The Balaban J connectivity index is 3.93. The van der Waals surface area contributed by atoms with E-state index in [2.05, 4.69) is 18.8 Å². The molecule has 0 aliphatic carbocycles. The normalized spacial score (nSPS) is 11.6. The van der Waals surface area contributed by atoms with Crippen LogP contribution in [0.15, 0.2) is 0 Å². The van der Waals surface area contributed by atoms with Crippen molar-refractivity contribution in [1.82, 2.24) is 0 Å². The Bertz CT molecular complexity index is 495. The maximum absolute atomic E-state index is 10.7. The van der Waals surface area contributed by atoms with Gasteiger partial charge in [-0.25, -0.2) is 0 Å². The van der Waals surface area contributed by atoms with E-state index >= 15 is 0 Å². The second kappa shape index (κ2) is 23.5. The van der Waals surface area contributed by atoms with Gasteiger partial charge in [0.05, 0.1) is 5.25 Å². The van der Waals surface area contributed by atoms with E-state index in [1.807, 2.05) is 11.8 Å². The van der Waals surface area contributed by atoms with Gasteiger partial charge in [-0.15, -0.1) is 17.7 Å². The summed E-state index contributed by atoms with van der Waals surface area (Å²) in [5.41, 5.74) is 0. The third kappa shape index (κ3) is 25.0. The largest absolute Gasteiger partial charge is 0.481 e. The van der Waals surface area contributed by atoms with Crippen molar-refractivity contribution in [2.75, 3.05) is 5.75 Å². The Morgan fingerprint density at radius 3 is 1.81 bits per heavy atom. The number of hydrogen-bond acceptors (Lipinski definition) is 3.